The van der Waals surface area contributed by atoms with Gasteiger partial charge in [0.15, 0.2) is 0 Å². The molecule has 1 aromatic heterocycles. The molecule has 2 heterocycles. The van der Waals surface area contributed by atoms with Crippen molar-refractivity contribution >= 4 is 11.6 Å². The van der Waals surface area contributed by atoms with E-state index >= 15 is 0 Å². The number of aromatic nitrogens is 2. The third kappa shape index (κ3) is 2.24. The standard InChI is InChI=1S/C11H19ClN4/c1-3-9-11(12)10(15(2)14-9)7-16-5-4-8(13)6-16/h8H,3-7,13H2,1-2H3/t8-/m1/s1. The van der Waals surface area contributed by atoms with Crippen LogP contribution in [0.3, 0.4) is 0 Å². The van der Waals surface area contributed by atoms with Crippen LogP contribution in [-0.2, 0) is 20.0 Å². The van der Waals surface area contributed by atoms with Crippen LogP contribution < -0.4 is 5.73 Å². The molecule has 0 aromatic carbocycles. The van der Waals surface area contributed by atoms with Crippen molar-refractivity contribution in [2.45, 2.75) is 32.4 Å². The summed E-state index contributed by atoms with van der Waals surface area (Å²) in [4.78, 5) is 2.34. The lowest BCUT2D eigenvalue weighted by molar-refractivity contribution is 0.317. The van der Waals surface area contributed by atoms with Crippen LogP contribution in [-0.4, -0.2) is 33.8 Å². The maximum absolute atomic E-state index is 6.30. The summed E-state index contributed by atoms with van der Waals surface area (Å²) in [5, 5.41) is 5.24. The van der Waals surface area contributed by atoms with Crippen LogP contribution in [0.25, 0.3) is 0 Å². The number of hydrogen-bond donors (Lipinski definition) is 1. The minimum absolute atomic E-state index is 0.317. The molecule has 0 saturated carbocycles. The molecule has 2 N–H and O–H groups in total. The average molecular weight is 243 g/mol. The predicted molar refractivity (Wildman–Crippen MR) is 65.5 cm³/mol. The van der Waals surface area contributed by atoms with Crippen molar-refractivity contribution in [1.29, 1.82) is 0 Å². The van der Waals surface area contributed by atoms with E-state index in [0.717, 1.165) is 48.9 Å². The van der Waals surface area contributed by atoms with Crippen LogP contribution in [0.4, 0.5) is 0 Å². The van der Waals surface area contributed by atoms with Gasteiger partial charge in [-0.3, -0.25) is 9.58 Å². The molecule has 5 heteroatoms. The normalized spacial score (nSPS) is 21.9. The molecule has 1 fully saturated rings. The molecule has 2 rings (SSSR count). The molecule has 1 atom stereocenters. The van der Waals surface area contributed by atoms with Gasteiger partial charge in [-0.05, 0) is 12.8 Å². The zero-order valence-electron chi connectivity index (χ0n) is 9.91. The molecule has 1 aliphatic rings. The minimum atomic E-state index is 0.317. The number of likely N-dealkylation sites (tertiary alicyclic amines) is 1. The van der Waals surface area contributed by atoms with E-state index in [0.29, 0.717) is 6.04 Å². The SMILES string of the molecule is CCc1nn(C)c(CN2CC[C@@H](N)C2)c1Cl. The number of nitrogens with zero attached hydrogens (tertiary/aromatic N) is 3. The molecule has 1 saturated heterocycles. The quantitative estimate of drug-likeness (QED) is 0.866. The molecule has 0 bridgehead atoms. The van der Waals surface area contributed by atoms with Gasteiger partial charge in [-0.25, -0.2) is 0 Å². The van der Waals surface area contributed by atoms with Crippen molar-refractivity contribution in [3.8, 4) is 0 Å². The van der Waals surface area contributed by atoms with Crippen molar-refractivity contribution in [3.05, 3.63) is 16.4 Å². The maximum atomic E-state index is 6.30. The van der Waals surface area contributed by atoms with Crippen LogP contribution in [0.1, 0.15) is 24.7 Å². The van der Waals surface area contributed by atoms with Gasteiger partial charge < -0.3 is 5.73 Å². The maximum Gasteiger partial charge on any atom is 0.0863 e. The van der Waals surface area contributed by atoms with Crippen molar-refractivity contribution in [3.63, 3.8) is 0 Å². The first kappa shape index (κ1) is 11.9. The Kier molecular flexibility index (Phi) is 3.52. The second-order valence-electron chi connectivity index (χ2n) is 4.47. The Hall–Kier alpha value is -0.580. The number of halogens is 1. The summed E-state index contributed by atoms with van der Waals surface area (Å²) >= 11 is 6.30. The summed E-state index contributed by atoms with van der Waals surface area (Å²) in [6, 6.07) is 0.317. The fourth-order valence-electron chi connectivity index (χ4n) is 2.21. The monoisotopic (exact) mass is 242 g/mol. The van der Waals surface area contributed by atoms with E-state index in [4.69, 9.17) is 17.3 Å². The summed E-state index contributed by atoms with van der Waals surface area (Å²) in [5.41, 5.74) is 7.98. The van der Waals surface area contributed by atoms with E-state index < -0.39 is 0 Å². The Morgan fingerprint density at radius 1 is 1.56 bits per heavy atom. The molecular weight excluding hydrogens is 224 g/mol. The van der Waals surface area contributed by atoms with E-state index in [1.54, 1.807) is 0 Å². The second-order valence-corrected chi connectivity index (χ2v) is 4.85. The van der Waals surface area contributed by atoms with Crippen LogP contribution >= 0.6 is 11.6 Å². The van der Waals surface area contributed by atoms with E-state index in [1.165, 1.54) is 0 Å². The van der Waals surface area contributed by atoms with Crippen molar-refractivity contribution < 1.29 is 0 Å². The molecule has 0 spiro atoms. The van der Waals surface area contributed by atoms with Crippen molar-refractivity contribution in [2.75, 3.05) is 13.1 Å². The van der Waals surface area contributed by atoms with Crippen LogP contribution in [0.2, 0.25) is 5.02 Å². The van der Waals surface area contributed by atoms with Crippen molar-refractivity contribution in [2.24, 2.45) is 12.8 Å². The van der Waals surface area contributed by atoms with Gasteiger partial charge in [-0.1, -0.05) is 18.5 Å². The van der Waals surface area contributed by atoms with Gasteiger partial charge in [0.25, 0.3) is 0 Å². The highest BCUT2D eigenvalue weighted by molar-refractivity contribution is 6.31. The summed E-state index contributed by atoms with van der Waals surface area (Å²) in [7, 11) is 1.95. The van der Waals surface area contributed by atoms with Gasteiger partial charge in [0, 0.05) is 32.7 Å². The van der Waals surface area contributed by atoms with Crippen molar-refractivity contribution in [1.82, 2.24) is 14.7 Å². The second kappa shape index (κ2) is 4.73. The first-order valence-corrected chi connectivity index (χ1v) is 6.17. The summed E-state index contributed by atoms with van der Waals surface area (Å²) in [6.07, 6.45) is 1.96. The third-order valence-electron chi connectivity index (χ3n) is 3.19. The molecule has 0 unspecified atom stereocenters. The molecule has 0 radical (unpaired) electrons. The number of nitrogens with two attached hydrogens (primary N) is 1. The Labute approximate surface area is 101 Å². The van der Waals surface area contributed by atoms with E-state index in [9.17, 15) is 0 Å². The van der Waals surface area contributed by atoms with Crippen LogP contribution in [0, 0.1) is 0 Å². The number of rotatable bonds is 3. The Balaban J connectivity index is 2.12. The lowest BCUT2D eigenvalue weighted by Crippen LogP contribution is -2.27. The fourth-order valence-corrected chi connectivity index (χ4v) is 2.56. The minimum Gasteiger partial charge on any atom is -0.326 e. The Bertz CT molecular complexity index is 374. The van der Waals surface area contributed by atoms with Gasteiger partial charge in [0.2, 0.25) is 0 Å². The van der Waals surface area contributed by atoms with Gasteiger partial charge in [-0.15, -0.1) is 0 Å². The van der Waals surface area contributed by atoms with Gasteiger partial charge in [0.05, 0.1) is 16.4 Å². The first-order valence-electron chi connectivity index (χ1n) is 5.80. The van der Waals surface area contributed by atoms with Gasteiger partial charge in [-0.2, -0.15) is 5.10 Å². The molecule has 90 valence electrons. The predicted octanol–water partition coefficient (Wildman–Crippen LogP) is 1.17. The Morgan fingerprint density at radius 2 is 2.31 bits per heavy atom. The smallest absolute Gasteiger partial charge is 0.0863 e. The molecular formula is C11H19ClN4. The average Bonchev–Trinajstić information content (AvgIpc) is 2.77. The molecule has 0 amide bonds. The van der Waals surface area contributed by atoms with Crippen LogP contribution in [0.15, 0.2) is 0 Å². The molecule has 0 aliphatic carbocycles. The molecule has 16 heavy (non-hydrogen) atoms. The number of aryl methyl sites for hydroxylation is 2. The molecule has 1 aromatic rings. The lowest BCUT2D eigenvalue weighted by atomic mass is 10.3. The summed E-state index contributed by atoms with van der Waals surface area (Å²) in [6.45, 7) is 4.95. The van der Waals surface area contributed by atoms with E-state index in [2.05, 4.69) is 16.9 Å². The number of hydrogen-bond acceptors (Lipinski definition) is 3. The molecule has 1 aliphatic heterocycles. The highest BCUT2D eigenvalue weighted by atomic mass is 35.5. The lowest BCUT2D eigenvalue weighted by Gasteiger charge is -2.15. The third-order valence-corrected chi connectivity index (χ3v) is 3.62. The van der Waals surface area contributed by atoms with E-state index in [1.807, 2.05) is 11.7 Å². The summed E-state index contributed by atoms with van der Waals surface area (Å²) in [5.74, 6) is 0. The van der Waals surface area contributed by atoms with Crippen LogP contribution in [0.5, 0.6) is 0 Å². The highest BCUT2D eigenvalue weighted by Crippen LogP contribution is 2.23. The zero-order chi connectivity index (χ0) is 11.7. The fraction of sp³-hybridized carbons (Fsp3) is 0.727. The topological polar surface area (TPSA) is 47.1 Å². The molecule has 4 nitrogen and oxygen atoms in total. The van der Waals surface area contributed by atoms with E-state index in [-0.39, 0.29) is 0 Å². The first-order chi connectivity index (χ1) is 7.61. The summed E-state index contributed by atoms with van der Waals surface area (Å²) < 4.78 is 1.89. The zero-order valence-corrected chi connectivity index (χ0v) is 10.7. The Morgan fingerprint density at radius 3 is 2.81 bits per heavy atom. The highest BCUT2D eigenvalue weighted by Gasteiger charge is 2.22. The largest absolute Gasteiger partial charge is 0.326 e. The van der Waals surface area contributed by atoms with Gasteiger partial charge >= 0.3 is 0 Å². The van der Waals surface area contributed by atoms with Gasteiger partial charge in [0.1, 0.15) is 0 Å².